The molecule has 0 radical (unpaired) electrons. The van der Waals surface area contributed by atoms with Crippen LogP contribution in [0.1, 0.15) is 58.3 Å². The van der Waals surface area contributed by atoms with Crippen molar-refractivity contribution < 1.29 is 14.3 Å². The maximum atomic E-state index is 12.3. The van der Waals surface area contributed by atoms with Crippen molar-refractivity contribution >= 4 is 12.0 Å². The molecule has 1 spiro atoms. The van der Waals surface area contributed by atoms with Crippen LogP contribution in [0.25, 0.3) is 0 Å². The molecule has 4 aliphatic rings. The van der Waals surface area contributed by atoms with Gasteiger partial charge < -0.3 is 19.9 Å². The Labute approximate surface area is 175 Å². The fraction of sp³-hybridized carbons (Fsp3) is 0.909. The van der Waals surface area contributed by atoms with Crippen LogP contribution < -0.4 is 5.32 Å². The van der Waals surface area contributed by atoms with E-state index in [-0.39, 0.29) is 18.0 Å². The number of likely N-dealkylation sites (tertiary alicyclic amines) is 3. The number of hydrogen-bond acceptors (Lipinski definition) is 5. The summed E-state index contributed by atoms with van der Waals surface area (Å²) < 4.78 is 5.18. The maximum absolute atomic E-state index is 12.3. The summed E-state index contributed by atoms with van der Waals surface area (Å²) in [5.41, 5.74) is 0.339. The number of hydrogen-bond donors (Lipinski definition) is 1. The minimum Gasteiger partial charge on any atom is -0.450 e. The predicted octanol–water partition coefficient (Wildman–Crippen LogP) is 2.06. The molecule has 4 rings (SSSR count). The van der Waals surface area contributed by atoms with E-state index >= 15 is 0 Å². The van der Waals surface area contributed by atoms with Crippen molar-refractivity contribution in [1.29, 1.82) is 0 Å². The minimum absolute atomic E-state index is 0.0737. The summed E-state index contributed by atoms with van der Waals surface area (Å²) in [5.74, 6) is 0.195. The molecule has 3 aliphatic heterocycles. The largest absolute Gasteiger partial charge is 0.450 e. The lowest BCUT2D eigenvalue weighted by Crippen LogP contribution is -2.58. The Morgan fingerprint density at radius 2 is 1.79 bits per heavy atom. The Hall–Kier alpha value is -1.34. The number of carbonyl (C=O) groups excluding carboxylic acids is 2. The average molecular weight is 407 g/mol. The highest BCUT2D eigenvalue weighted by Gasteiger charge is 2.51. The first-order valence-corrected chi connectivity index (χ1v) is 11.7. The van der Waals surface area contributed by atoms with Gasteiger partial charge in [-0.05, 0) is 76.9 Å². The van der Waals surface area contributed by atoms with Crippen LogP contribution in [0.2, 0.25) is 0 Å². The lowest BCUT2D eigenvalue weighted by molar-refractivity contribution is -0.129. The second kappa shape index (κ2) is 8.80. The summed E-state index contributed by atoms with van der Waals surface area (Å²) in [4.78, 5) is 31.4. The van der Waals surface area contributed by atoms with Crippen molar-refractivity contribution in [3.63, 3.8) is 0 Å². The summed E-state index contributed by atoms with van der Waals surface area (Å²) in [5, 5.41) is 2.87. The van der Waals surface area contributed by atoms with Crippen molar-refractivity contribution in [2.45, 2.75) is 76.4 Å². The standard InChI is InChI=1S/C22H38N4O3/c1-3-29-21(28)25-13-9-22(16-25)14-18(15-22)24-11-7-17(8-12-24)26-10-5-4-6-19(26)20(27)23-2/h17-19H,3-16H2,1-2H3,(H,23,27). The zero-order chi connectivity index (χ0) is 20.4. The van der Waals surface area contributed by atoms with Crippen LogP contribution in [0.15, 0.2) is 0 Å². The zero-order valence-electron chi connectivity index (χ0n) is 18.2. The molecular formula is C22H38N4O3. The van der Waals surface area contributed by atoms with Gasteiger partial charge >= 0.3 is 6.09 Å². The van der Waals surface area contributed by atoms with E-state index in [0.717, 1.165) is 45.6 Å². The molecule has 0 aromatic heterocycles. The summed E-state index contributed by atoms with van der Waals surface area (Å²) in [6.07, 6.45) is 9.16. The molecule has 1 atom stereocenters. The number of likely N-dealkylation sites (N-methyl/N-ethyl adjacent to an activating group) is 1. The smallest absolute Gasteiger partial charge is 0.409 e. The third-order valence-corrected chi connectivity index (χ3v) is 7.88. The van der Waals surface area contributed by atoms with Crippen LogP contribution in [0, 0.1) is 5.41 Å². The van der Waals surface area contributed by atoms with Gasteiger partial charge in [-0.2, -0.15) is 0 Å². The number of ether oxygens (including phenoxy) is 1. The van der Waals surface area contributed by atoms with Crippen LogP contribution in [0.3, 0.4) is 0 Å². The molecule has 3 saturated heterocycles. The van der Waals surface area contributed by atoms with E-state index in [2.05, 4.69) is 15.1 Å². The van der Waals surface area contributed by atoms with Crippen molar-refractivity contribution in [2.75, 3.05) is 46.4 Å². The number of rotatable bonds is 4. The summed E-state index contributed by atoms with van der Waals surface area (Å²) in [6, 6.07) is 1.30. The van der Waals surface area contributed by atoms with Gasteiger partial charge in [-0.1, -0.05) is 6.42 Å². The zero-order valence-corrected chi connectivity index (χ0v) is 18.2. The van der Waals surface area contributed by atoms with E-state index in [9.17, 15) is 9.59 Å². The molecule has 164 valence electrons. The number of piperidine rings is 2. The molecule has 29 heavy (non-hydrogen) atoms. The first-order valence-electron chi connectivity index (χ1n) is 11.7. The molecule has 3 heterocycles. The first kappa shape index (κ1) is 20.9. The van der Waals surface area contributed by atoms with E-state index < -0.39 is 0 Å². The van der Waals surface area contributed by atoms with Crippen LogP contribution in [0.5, 0.6) is 0 Å². The molecule has 7 nitrogen and oxygen atoms in total. The summed E-state index contributed by atoms with van der Waals surface area (Å²) >= 11 is 0. The Kier molecular flexibility index (Phi) is 6.35. The highest BCUT2D eigenvalue weighted by Crippen LogP contribution is 2.50. The molecule has 0 aromatic carbocycles. The van der Waals surface area contributed by atoms with Crippen LogP contribution in [-0.2, 0) is 9.53 Å². The van der Waals surface area contributed by atoms with Crippen molar-refractivity contribution in [1.82, 2.24) is 20.0 Å². The van der Waals surface area contributed by atoms with E-state index in [1.54, 1.807) is 7.05 Å². The van der Waals surface area contributed by atoms with E-state index in [1.807, 2.05) is 11.8 Å². The lowest BCUT2D eigenvalue weighted by Gasteiger charge is -2.52. The fourth-order valence-electron chi connectivity index (χ4n) is 6.26. The van der Waals surface area contributed by atoms with Crippen molar-refractivity contribution in [3.8, 4) is 0 Å². The Bertz CT molecular complexity index is 599. The first-order chi connectivity index (χ1) is 14.0. The minimum atomic E-state index is -0.138. The predicted molar refractivity (Wildman–Crippen MR) is 112 cm³/mol. The van der Waals surface area contributed by atoms with Gasteiger partial charge in [0.2, 0.25) is 5.91 Å². The van der Waals surface area contributed by atoms with Gasteiger partial charge in [0.1, 0.15) is 0 Å². The summed E-state index contributed by atoms with van der Waals surface area (Å²) in [7, 11) is 1.76. The molecule has 0 aromatic rings. The Morgan fingerprint density at radius 3 is 2.48 bits per heavy atom. The molecular weight excluding hydrogens is 368 g/mol. The number of amides is 2. The van der Waals surface area contributed by atoms with Crippen molar-refractivity contribution in [3.05, 3.63) is 0 Å². The third kappa shape index (κ3) is 4.26. The Balaban J connectivity index is 1.24. The highest BCUT2D eigenvalue weighted by atomic mass is 16.6. The highest BCUT2D eigenvalue weighted by molar-refractivity contribution is 5.81. The van der Waals surface area contributed by atoms with Gasteiger partial charge in [-0.3, -0.25) is 9.69 Å². The molecule has 1 aliphatic carbocycles. The van der Waals surface area contributed by atoms with Gasteiger partial charge in [0.05, 0.1) is 12.6 Å². The van der Waals surface area contributed by atoms with Gasteiger partial charge in [0.25, 0.3) is 0 Å². The van der Waals surface area contributed by atoms with Crippen LogP contribution in [-0.4, -0.2) is 91.2 Å². The normalized spacial score (nSPS) is 34.2. The molecule has 1 saturated carbocycles. The molecule has 2 amide bonds. The van der Waals surface area contributed by atoms with E-state index in [0.29, 0.717) is 24.1 Å². The van der Waals surface area contributed by atoms with Gasteiger partial charge in [0, 0.05) is 32.2 Å². The average Bonchev–Trinajstić information content (AvgIpc) is 3.19. The number of nitrogens with zero attached hydrogens (tertiary/aromatic N) is 3. The van der Waals surface area contributed by atoms with Crippen LogP contribution >= 0.6 is 0 Å². The molecule has 1 N–H and O–H groups in total. The van der Waals surface area contributed by atoms with Gasteiger partial charge in [-0.25, -0.2) is 4.79 Å². The third-order valence-electron chi connectivity index (χ3n) is 7.88. The van der Waals surface area contributed by atoms with Crippen LogP contribution in [0.4, 0.5) is 4.79 Å². The SMILES string of the molecule is CCOC(=O)N1CCC2(CC(N3CCC(N4CCCCC4C(=O)NC)CC3)C2)C1. The molecule has 1 unspecified atom stereocenters. The van der Waals surface area contributed by atoms with Crippen molar-refractivity contribution in [2.24, 2.45) is 5.41 Å². The molecule has 7 heteroatoms. The lowest BCUT2D eigenvalue weighted by atomic mass is 9.64. The van der Waals surface area contributed by atoms with E-state index in [4.69, 9.17) is 4.74 Å². The second-order valence-electron chi connectivity index (χ2n) is 9.56. The number of nitrogens with one attached hydrogen (secondary N) is 1. The van der Waals surface area contributed by atoms with E-state index in [1.165, 1.54) is 38.5 Å². The molecule has 4 fully saturated rings. The maximum Gasteiger partial charge on any atom is 0.409 e. The monoisotopic (exact) mass is 406 g/mol. The topological polar surface area (TPSA) is 65.1 Å². The fourth-order valence-corrected chi connectivity index (χ4v) is 6.26. The summed E-state index contributed by atoms with van der Waals surface area (Å²) in [6.45, 7) is 7.40. The van der Waals surface area contributed by atoms with Gasteiger partial charge in [0.15, 0.2) is 0 Å². The second-order valence-corrected chi connectivity index (χ2v) is 9.56. The van der Waals surface area contributed by atoms with Gasteiger partial charge in [-0.15, -0.1) is 0 Å². The molecule has 0 bridgehead atoms. The number of carbonyl (C=O) groups is 2. The quantitative estimate of drug-likeness (QED) is 0.774. The Morgan fingerprint density at radius 1 is 1.03 bits per heavy atom.